The summed E-state index contributed by atoms with van der Waals surface area (Å²) in [4.78, 5) is 20.2. The van der Waals surface area contributed by atoms with Crippen LogP contribution in [-0.4, -0.2) is 28.3 Å². The third-order valence-corrected chi connectivity index (χ3v) is 3.35. The van der Waals surface area contributed by atoms with Gasteiger partial charge in [0.25, 0.3) is 5.69 Å². The van der Waals surface area contributed by atoms with Gasteiger partial charge in [-0.1, -0.05) is 11.6 Å². The fraction of sp³-hybridized carbons (Fsp3) is 0.0714. The van der Waals surface area contributed by atoms with Crippen LogP contribution >= 0.6 is 11.6 Å². The number of ether oxygens (including phenoxy) is 1. The van der Waals surface area contributed by atoms with E-state index in [9.17, 15) is 25.3 Å². The number of rotatable bonds is 6. The number of nitrogens with one attached hydrogen (secondary N) is 1. The number of methoxy groups -OCH3 is 1. The second kappa shape index (κ2) is 7.45. The third kappa shape index (κ3) is 4.12. The fourth-order valence-corrected chi connectivity index (χ4v) is 2.10. The van der Waals surface area contributed by atoms with E-state index >= 15 is 0 Å². The van der Waals surface area contributed by atoms with Gasteiger partial charge in [-0.3, -0.25) is 25.7 Å². The van der Waals surface area contributed by atoms with Crippen LogP contribution in [0.4, 0.5) is 17.1 Å². The molecule has 0 amide bonds. The Kier molecular flexibility index (Phi) is 5.35. The third-order valence-electron chi connectivity index (χ3n) is 3.06. The number of nitro groups is 2. The molecule has 0 saturated heterocycles. The molecule has 11 heteroatoms. The van der Waals surface area contributed by atoms with Gasteiger partial charge in [0.05, 0.1) is 34.3 Å². The summed E-state index contributed by atoms with van der Waals surface area (Å²) in [6.07, 6.45) is 1.29. The number of halogens is 1. The van der Waals surface area contributed by atoms with Gasteiger partial charge < -0.3 is 9.84 Å². The Hall–Kier alpha value is -3.40. The van der Waals surface area contributed by atoms with Crippen molar-refractivity contribution in [2.45, 2.75) is 0 Å². The summed E-state index contributed by atoms with van der Waals surface area (Å²) < 4.78 is 4.95. The number of hydrogen-bond acceptors (Lipinski definition) is 8. The van der Waals surface area contributed by atoms with Gasteiger partial charge in [0.2, 0.25) is 0 Å². The molecule has 130 valence electrons. The molecule has 0 aromatic heterocycles. The maximum atomic E-state index is 11.0. The molecular formula is C14H11ClN4O6. The average Bonchev–Trinajstić information content (AvgIpc) is 2.57. The predicted molar refractivity (Wildman–Crippen MR) is 90.6 cm³/mol. The van der Waals surface area contributed by atoms with Crippen molar-refractivity contribution < 1.29 is 19.7 Å². The first-order valence-electron chi connectivity index (χ1n) is 6.62. The van der Waals surface area contributed by atoms with Crippen LogP contribution in [-0.2, 0) is 0 Å². The average molecular weight is 367 g/mol. The fourth-order valence-electron chi connectivity index (χ4n) is 1.88. The van der Waals surface area contributed by atoms with Crippen molar-refractivity contribution in [3.63, 3.8) is 0 Å². The van der Waals surface area contributed by atoms with E-state index in [0.29, 0.717) is 5.56 Å². The molecule has 0 saturated carbocycles. The smallest absolute Gasteiger partial charge is 0.301 e. The molecule has 0 atom stereocenters. The van der Waals surface area contributed by atoms with E-state index in [-0.39, 0.29) is 22.2 Å². The molecule has 10 nitrogen and oxygen atoms in total. The molecule has 2 aromatic carbocycles. The first-order chi connectivity index (χ1) is 11.8. The topological polar surface area (TPSA) is 140 Å². The van der Waals surface area contributed by atoms with E-state index in [4.69, 9.17) is 16.3 Å². The first-order valence-corrected chi connectivity index (χ1v) is 6.99. The Morgan fingerprint density at radius 2 is 1.96 bits per heavy atom. The number of hydrazone groups is 1. The van der Waals surface area contributed by atoms with E-state index in [1.165, 1.54) is 31.5 Å². The molecule has 0 bridgehead atoms. The molecule has 0 heterocycles. The quantitative estimate of drug-likeness (QED) is 0.453. The van der Waals surface area contributed by atoms with Gasteiger partial charge in [0.1, 0.15) is 5.69 Å². The minimum absolute atomic E-state index is 0.0244. The van der Waals surface area contributed by atoms with Crippen LogP contribution in [0.25, 0.3) is 0 Å². The zero-order valence-electron chi connectivity index (χ0n) is 12.7. The number of non-ortho nitro benzene ring substituents is 1. The molecule has 0 radical (unpaired) electrons. The maximum Gasteiger partial charge on any atom is 0.301 e. The van der Waals surface area contributed by atoms with Gasteiger partial charge >= 0.3 is 5.69 Å². The van der Waals surface area contributed by atoms with Crippen LogP contribution in [0.15, 0.2) is 35.4 Å². The predicted octanol–water partition coefficient (Wildman–Crippen LogP) is 3.32. The van der Waals surface area contributed by atoms with Crippen LogP contribution in [0.2, 0.25) is 5.02 Å². The molecule has 2 rings (SSSR count). The van der Waals surface area contributed by atoms with E-state index in [1.807, 2.05) is 0 Å². The molecule has 25 heavy (non-hydrogen) atoms. The Labute approximate surface area is 145 Å². The number of anilines is 1. The van der Waals surface area contributed by atoms with Crippen molar-refractivity contribution in [2.75, 3.05) is 12.5 Å². The van der Waals surface area contributed by atoms with Crippen LogP contribution < -0.4 is 10.2 Å². The summed E-state index contributed by atoms with van der Waals surface area (Å²) in [6, 6.07) is 5.99. The van der Waals surface area contributed by atoms with Crippen molar-refractivity contribution >= 4 is 34.9 Å². The Bertz CT molecular complexity index is 871. The van der Waals surface area contributed by atoms with Gasteiger partial charge in [-0.2, -0.15) is 5.10 Å². The van der Waals surface area contributed by atoms with Gasteiger partial charge in [-0.25, -0.2) is 0 Å². The molecule has 0 aliphatic carbocycles. The lowest BCUT2D eigenvalue weighted by Gasteiger charge is -2.06. The highest BCUT2D eigenvalue weighted by molar-refractivity contribution is 6.32. The van der Waals surface area contributed by atoms with Crippen molar-refractivity contribution in [2.24, 2.45) is 5.10 Å². The molecule has 2 N–H and O–H groups in total. The first kappa shape index (κ1) is 17.9. The van der Waals surface area contributed by atoms with Crippen LogP contribution in [0.5, 0.6) is 11.5 Å². The number of nitrogens with zero attached hydrogens (tertiary/aromatic N) is 3. The van der Waals surface area contributed by atoms with Gasteiger partial charge in [-0.05, 0) is 23.8 Å². The molecule has 0 fully saturated rings. The summed E-state index contributed by atoms with van der Waals surface area (Å²) in [7, 11) is 1.35. The second-order valence-corrected chi connectivity index (χ2v) is 5.05. The highest BCUT2D eigenvalue weighted by atomic mass is 35.5. The summed E-state index contributed by atoms with van der Waals surface area (Å²) >= 11 is 5.84. The molecule has 0 aliphatic heterocycles. The number of phenols is 1. The van der Waals surface area contributed by atoms with Gasteiger partial charge in [0.15, 0.2) is 11.5 Å². The zero-order valence-corrected chi connectivity index (χ0v) is 13.4. The largest absolute Gasteiger partial charge is 0.503 e. The Morgan fingerprint density at radius 3 is 2.56 bits per heavy atom. The monoisotopic (exact) mass is 366 g/mol. The van der Waals surface area contributed by atoms with Crippen LogP contribution in [0, 0.1) is 20.2 Å². The number of benzene rings is 2. The van der Waals surface area contributed by atoms with E-state index in [1.54, 1.807) is 0 Å². The maximum absolute atomic E-state index is 11.0. The van der Waals surface area contributed by atoms with Crippen molar-refractivity contribution in [3.05, 3.63) is 61.1 Å². The number of phenolic OH excluding ortho intramolecular Hbond substituents is 1. The summed E-state index contributed by atoms with van der Waals surface area (Å²) in [5.74, 6) is -0.0875. The molecule has 0 unspecified atom stereocenters. The van der Waals surface area contributed by atoms with E-state index in [2.05, 4.69) is 10.5 Å². The molecule has 0 aliphatic rings. The lowest BCUT2D eigenvalue weighted by atomic mass is 10.2. The van der Waals surface area contributed by atoms with Gasteiger partial charge in [-0.15, -0.1) is 0 Å². The number of nitro benzene ring substituents is 2. The van der Waals surface area contributed by atoms with Gasteiger partial charge in [0, 0.05) is 6.07 Å². The Morgan fingerprint density at radius 1 is 1.24 bits per heavy atom. The normalized spacial score (nSPS) is 10.6. The summed E-state index contributed by atoms with van der Waals surface area (Å²) in [5, 5.41) is 35.2. The van der Waals surface area contributed by atoms with E-state index < -0.39 is 21.2 Å². The Balaban J connectivity index is 2.26. The number of aromatic hydroxyl groups is 1. The lowest BCUT2D eigenvalue weighted by Crippen LogP contribution is -1.99. The van der Waals surface area contributed by atoms with Crippen LogP contribution in [0.3, 0.4) is 0 Å². The van der Waals surface area contributed by atoms with E-state index in [0.717, 1.165) is 12.1 Å². The SMILES string of the molecule is COc1cc(/C=N/Nc2ccc([N+](=O)[O-])cc2[N+](=O)[O-])cc(Cl)c1O. The highest BCUT2D eigenvalue weighted by Gasteiger charge is 2.19. The second-order valence-electron chi connectivity index (χ2n) is 4.64. The molecule has 2 aromatic rings. The minimum atomic E-state index is -0.759. The molecular weight excluding hydrogens is 356 g/mol. The lowest BCUT2D eigenvalue weighted by molar-refractivity contribution is -0.393. The standard InChI is InChI=1S/C14H11ClN4O6/c1-25-13-5-8(4-10(15)14(13)20)7-16-17-11-3-2-9(18(21)22)6-12(11)19(23)24/h2-7,17,20H,1H3/b16-7+. The van der Waals surface area contributed by atoms with Crippen molar-refractivity contribution in [1.82, 2.24) is 0 Å². The molecule has 0 spiro atoms. The number of hydrogen-bond donors (Lipinski definition) is 2. The van der Waals surface area contributed by atoms with Crippen molar-refractivity contribution in [3.8, 4) is 11.5 Å². The summed E-state index contributed by atoms with van der Waals surface area (Å²) in [6.45, 7) is 0. The van der Waals surface area contributed by atoms with Crippen molar-refractivity contribution in [1.29, 1.82) is 0 Å². The zero-order chi connectivity index (χ0) is 18.6. The summed E-state index contributed by atoms with van der Waals surface area (Å²) in [5.41, 5.74) is 1.97. The van der Waals surface area contributed by atoms with Crippen LogP contribution in [0.1, 0.15) is 5.56 Å². The highest BCUT2D eigenvalue weighted by Crippen LogP contribution is 2.34. The minimum Gasteiger partial charge on any atom is -0.503 e.